The number of hydrogen-bond donors (Lipinski definition) is 2. The summed E-state index contributed by atoms with van der Waals surface area (Å²) >= 11 is 1.20. The van der Waals surface area contributed by atoms with Crippen molar-refractivity contribution in [2.45, 2.75) is 23.0 Å². The van der Waals surface area contributed by atoms with E-state index in [0.29, 0.717) is 11.1 Å². The Bertz CT molecular complexity index is 669. The number of thioether (sulfide) groups is 1. The van der Waals surface area contributed by atoms with Crippen LogP contribution < -0.4 is 0 Å². The molecule has 2 atom stereocenters. The van der Waals surface area contributed by atoms with E-state index in [1.165, 1.54) is 11.8 Å². The molecule has 0 heterocycles. The Morgan fingerprint density at radius 1 is 0.909 bits per heavy atom. The molecule has 2 unspecified atom stereocenters. The predicted octanol–water partition coefficient (Wildman–Crippen LogP) is 3.79. The average Bonchev–Trinajstić information content (AvgIpc) is 2.52. The fraction of sp³-hybridized carbons (Fsp3) is 0.176. The minimum absolute atomic E-state index is 0.624. The highest BCUT2D eigenvalue weighted by atomic mass is 32.2. The molecular formula is C17H16O4S. The van der Waals surface area contributed by atoms with Crippen molar-refractivity contribution in [3.8, 4) is 0 Å². The van der Waals surface area contributed by atoms with Crippen LogP contribution in [0.5, 0.6) is 0 Å². The van der Waals surface area contributed by atoms with Gasteiger partial charge in [-0.05, 0) is 30.2 Å². The fourth-order valence-electron chi connectivity index (χ4n) is 2.02. The quantitative estimate of drug-likeness (QED) is 0.793. The molecule has 0 aromatic heterocycles. The Kier molecular flexibility index (Phi) is 5.22. The summed E-state index contributed by atoms with van der Waals surface area (Å²) in [5.41, 5.74) is 1.37. The lowest BCUT2D eigenvalue weighted by Gasteiger charge is -2.14. The van der Waals surface area contributed by atoms with Crippen LogP contribution in [0.15, 0.2) is 59.5 Å². The van der Waals surface area contributed by atoms with E-state index in [1.807, 2.05) is 6.07 Å². The molecule has 0 aliphatic heterocycles. The van der Waals surface area contributed by atoms with Gasteiger partial charge in [0, 0.05) is 4.90 Å². The van der Waals surface area contributed by atoms with Gasteiger partial charge in [0.05, 0.1) is 5.92 Å². The van der Waals surface area contributed by atoms with Crippen molar-refractivity contribution in [2.75, 3.05) is 0 Å². The zero-order chi connectivity index (χ0) is 16.1. The lowest BCUT2D eigenvalue weighted by molar-refractivity contribution is -0.138. The molecule has 4 nitrogen and oxygen atoms in total. The minimum Gasteiger partial charge on any atom is -0.481 e. The molecule has 2 aromatic carbocycles. The van der Waals surface area contributed by atoms with Gasteiger partial charge in [-0.25, -0.2) is 0 Å². The van der Waals surface area contributed by atoms with Crippen LogP contribution in [0, 0.1) is 0 Å². The topological polar surface area (TPSA) is 74.6 Å². The van der Waals surface area contributed by atoms with Crippen molar-refractivity contribution in [1.29, 1.82) is 0 Å². The number of benzene rings is 2. The zero-order valence-corrected chi connectivity index (χ0v) is 12.8. The number of carbonyl (C=O) groups is 2. The van der Waals surface area contributed by atoms with E-state index >= 15 is 0 Å². The van der Waals surface area contributed by atoms with Gasteiger partial charge < -0.3 is 10.2 Å². The molecule has 0 aliphatic carbocycles. The normalized spacial score (nSPS) is 13.3. The van der Waals surface area contributed by atoms with Crippen LogP contribution >= 0.6 is 11.8 Å². The van der Waals surface area contributed by atoms with Crippen molar-refractivity contribution < 1.29 is 19.8 Å². The lowest BCUT2D eigenvalue weighted by Crippen LogP contribution is -2.09. The highest BCUT2D eigenvalue weighted by Crippen LogP contribution is 2.36. The SMILES string of the molecule is CC(C(=O)O)c1cccc(SC(C(=O)O)c2ccccc2)c1. The molecule has 22 heavy (non-hydrogen) atoms. The van der Waals surface area contributed by atoms with Crippen LogP contribution in [0.3, 0.4) is 0 Å². The van der Waals surface area contributed by atoms with Gasteiger partial charge in [0.15, 0.2) is 0 Å². The van der Waals surface area contributed by atoms with E-state index < -0.39 is 23.1 Å². The molecule has 0 radical (unpaired) electrons. The maximum Gasteiger partial charge on any atom is 0.321 e. The molecular weight excluding hydrogens is 300 g/mol. The molecule has 0 fully saturated rings. The largest absolute Gasteiger partial charge is 0.481 e. The molecule has 0 spiro atoms. The van der Waals surface area contributed by atoms with Crippen LogP contribution in [-0.2, 0) is 9.59 Å². The Morgan fingerprint density at radius 3 is 2.14 bits per heavy atom. The zero-order valence-electron chi connectivity index (χ0n) is 12.0. The van der Waals surface area contributed by atoms with Crippen LogP contribution in [0.2, 0.25) is 0 Å². The maximum absolute atomic E-state index is 11.5. The van der Waals surface area contributed by atoms with E-state index in [4.69, 9.17) is 5.11 Å². The molecule has 2 N–H and O–H groups in total. The first-order chi connectivity index (χ1) is 10.5. The minimum atomic E-state index is -0.923. The van der Waals surface area contributed by atoms with Gasteiger partial charge in [0.2, 0.25) is 0 Å². The van der Waals surface area contributed by atoms with Crippen molar-refractivity contribution in [3.63, 3.8) is 0 Å². The third-order valence-electron chi connectivity index (χ3n) is 3.31. The van der Waals surface area contributed by atoms with E-state index in [9.17, 15) is 14.7 Å². The predicted molar refractivity (Wildman–Crippen MR) is 85.2 cm³/mol. The number of hydrogen-bond acceptors (Lipinski definition) is 3. The van der Waals surface area contributed by atoms with Gasteiger partial charge in [0.25, 0.3) is 0 Å². The van der Waals surface area contributed by atoms with Gasteiger partial charge in [-0.2, -0.15) is 0 Å². The van der Waals surface area contributed by atoms with E-state index in [-0.39, 0.29) is 0 Å². The number of carboxylic acid groups (broad SMARTS) is 2. The second kappa shape index (κ2) is 7.13. The van der Waals surface area contributed by atoms with Crippen molar-refractivity contribution in [2.24, 2.45) is 0 Å². The van der Waals surface area contributed by atoms with Gasteiger partial charge in [-0.15, -0.1) is 11.8 Å². The number of carboxylic acids is 2. The third kappa shape index (κ3) is 3.89. The molecule has 0 saturated carbocycles. The van der Waals surface area contributed by atoms with Crippen LogP contribution in [0.4, 0.5) is 0 Å². The van der Waals surface area contributed by atoms with Crippen LogP contribution in [0.1, 0.15) is 29.2 Å². The first-order valence-corrected chi connectivity index (χ1v) is 7.64. The van der Waals surface area contributed by atoms with Gasteiger partial charge in [-0.3, -0.25) is 9.59 Å². The molecule has 114 valence electrons. The Morgan fingerprint density at radius 2 is 1.55 bits per heavy atom. The molecule has 0 saturated heterocycles. The Hall–Kier alpha value is -2.27. The summed E-state index contributed by atoms with van der Waals surface area (Å²) < 4.78 is 0. The van der Waals surface area contributed by atoms with Crippen LogP contribution in [0.25, 0.3) is 0 Å². The smallest absolute Gasteiger partial charge is 0.321 e. The van der Waals surface area contributed by atoms with Gasteiger partial charge in [0.1, 0.15) is 5.25 Å². The van der Waals surface area contributed by atoms with Crippen molar-refractivity contribution in [1.82, 2.24) is 0 Å². The Balaban J connectivity index is 2.26. The highest BCUT2D eigenvalue weighted by molar-refractivity contribution is 8.00. The van der Waals surface area contributed by atoms with Gasteiger partial charge >= 0.3 is 11.9 Å². The van der Waals surface area contributed by atoms with Crippen molar-refractivity contribution >= 4 is 23.7 Å². The second-order valence-electron chi connectivity index (χ2n) is 4.88. The summed E-state index contributed by atoms with van der Waals surface area (Å²) in [7, 11) is 0. The maximum atomic E-state index is 11.5. The summed E-state index contributed by atoms with van der Waals surface area (Å²) in [5.74, 6) is -2.45. The third-order valence-corrected chi connectivity index (χ3v) is 4.54. The summed E-state index contributed by atoms with van der Waals surface area (Å²) in [5, 5.41) is 17.8. The summed E-state index contributed by atoms with van der Waals surface area (Å²) in [6, 6.07) is 16.0. The first kappa shape index (κ1) is 16.1. The summed E-state index contributed by atoms with van der Waals surface area (Å²) in [6.07, 6.45) is 0. The molecule has 0 aliphatic rings. The Labute approximate surface area is 132 Å². The van der Waals surface area contributed by atoms with E-state index in [0.717, 1.165) is 4.90 Å². The highest BCUT2D eigenvalue weighted by Gasteiger charge is 2.22. The number of rotatable bonds is 6. The molecule has 2 aromatic rings. The summed E-state index contributed by atoms with van der Waals surface area (Å²) in [4.78, 5) is 23.3. The monoisotopic (exact) mass is 316 g/mol. The lowest BCUT2D eigenvalue weighted by atomic mass is 10.0. The van der Waals surface area contributed by atoms with Crippen molar-refractivity contribution in [3.05, 3.63) is 65.7 Å². The fourth-order valence-corrected chi connectivity index (χ4v) is 3.05. The van der Waals surface area contributed by atoms with E-state index in [2.05, 4.69) is 0 Å². The number of aliphatic carboxylic acids is 2. The molecule has 0 amide bonds. The molecule has 2 rings (SSSR count). The summed E-state index contributed by atoms with van der Waals surface area (Å²) in [6.45, 7) is 1.61. The molecule has 0 bridgehead atoms. The van der Waals surface area contributed by atoms with Gasteiger partial charge in [-0.1, -0.05) is 42.5 Å². The van der Waals surface area contributed by atoms with Crippen LogP contribution in [-0.4, -0.2) is 22.2 Å². The average molecular weight is 316 g/mol. The van der Waals surface area contributed by atoms with E-state index in [1.54, 1.807) is 55.5 Å². The first-order valence-electron chi connectivity index (χ1n) is 6.76. The molecule has 5 heteroatoms. The second-order valence-corrected chi connectivity index (χ2v) is 6.06. The standard InChI is InChI=1S/C17H16O4S/c1-11(16(18)19)13-8-5-9-14(10-13)22-15(17(20)21)12-6-3-2-4-7-12/h2-11,15H,1H3,(H,18,19)(H,20,21).